The third-order valence-electron chi connectivity index (χ3n) is 5.88. The molecule has 0 aliphatic carbocycles. The van der Waals surface area contributed by atoms with Gasteiger partial charge in [0.15, 0.2) is 11.7 Å². The Hall–Kier alpha value is -1.68. The normalized spacial score (nSPS) is 15.7. The van der Waals surface area contributed by atoms with Crippen molar-refractivity contribution in [1.82, 2.24) is 20.7 Å². The van der Waals surface area contributed by atoms with Crippen LogP contribution in [-0.4, -0.2) is 42.2 Å². The SMILES string of the molecule is CCC(CC)c1cc(CNC(=NC)NC2CCN(Cc3ccc(F)cc3)CC2)on1.I. The van der Waals surface area contributed by atoms with Crippen LogP contribution in [0, 0.1) is 5.82 Å². The van der Waals surface area contributed by atoms with Gasteiger partial charge in [-0.2, -0.15) is 0 Å². The van der Waals surface area contributed by atoms with E-state index in [1.165, 1.54) is 12.1 Å². The second kappa shape index (κ2) is 13.0. The molecule has 2 aromatic rings. The zero-order valence-corrected chi connectivity index (χ0v) is 21.1. The smallest absolute Gasteiger partial charge is 0.191 e. The molecule has 31 heavy (non-hydrogen) atoms. The minimum absolute atomic E-state index is 0. The third-order valence-corrected chi connectivity index (χ3v) is 5.88. The molecular weight excluding hydrogens is 508 g/mol. The van der Waals surface area contributed by atoms with Crippen molar-refractivity contribution in [3.63, 3.8) is 0 Å². The molecule has 8 heteroatoms. The quantitative estimate of drug-likeness (QED) is 0.288. The van der Waals surface area contributed by atoms with Crippen LogP contribution in [0.15, 0.2) is 39.8 Å². The number of nitrogens with one attached hydrogen (secondary N) is 2. The lowest BCUT2D eigenvalue weighted by atomic mass is 9.99. The second-order valence-electron chi connectivity index (χ2n) is 7.98. The Balaban J connectivity index is 0.00000341. The van der Waals surface area contributed by atoms with E-state index in [1.54, 1.807) is 7.05 Å². The van der Waals surface area contributed by atoms with E-state index >= 15 is 0 Å². The number of piperidine rings is 1. The maximum Gasteiger partial charge on any atom is 0.191 e. The molecular formula is C23H35FIN5O. The number of guanidine groups is 1. The van der Waals surface area contributed by atoms with Crippen molar-refractivity contribution in [2.24, 2.45) is 4.99 Å². The maximum atomic E-state index is 13.1. The van der Waals surface area contributed by atoms with Gasteiger partial charge in [-0.1, -0.05) is 31.1 Å². The van der Waals surface area contributed by atoms with Crippen molar-refractivity contribution >= 4 is 29.9 Å². The summed E-state index contributed by atoms with van der Waals surface area (Å²) in [5.41, 5.74) is 2.19. The topological polar surface area (TPSA) is 65.7 Å². The molecule has 0 bridgehead atoms. The standard InChI is InChI=1S/C23H34FN5O.HI/c1-4-18(5-2)22-14-21(30-28-22)15-26-23(25-3)27-20-10-12-29(13-11-20)16-17-6-8-19(24)9-7-17;/h6-9,14,18,20H,4-5,10-13,15-16H2,1-3H3,(H2,25,26,27);1H. The first-order valence-electron chi connectivity index (χ1n) is 11.0. The van der Waals surface area contributed by atoms with Crippen LogP contribution in [-0.2, 0) is 13.1 Å². The molecule has 0 unspecified atom stereocenters. The first-order valence-corrected chi connectivity index (χ1v) is 11.0. The number of halogens is 2. The van der Waals surface area contributed by atoms with Crippen LogP contribution in [0.5, 0.6) is 0 Å². The van der Waals surface area contributed by atoms with E-state index in [2.05, 4.69) is 39.5 Å². The molecule has 0 radical (unpaired) electrons. The Bertz CT molecular complexity index is 799. The zero-order valence-electron chi connectivity index (χ0n) is 18.7. The van der Waals surface area contributed by atoms with Crippen LogP contribution >= 0.6 is 24.0 Å². The molecule has 0 amide bonds. The second-order valence-corrected chi connectivity index (χ2v) is 7.98. The van der Waals surface area contributed by atoms with Gasteiger partial charge in [0.05, 0.1) is 12.2 Å². The lowest BCUT2D eigenvalue weighted by Crippen LogP contribution is -2.48. The largest absolute Gasteiger partial charge is 0.359 e. The van der Waals surface area contributed by atoms with E-state index in [4.69, 9.17) is 4.52 Å². The van der Waals surface area contributed by atoms with Gasteiger partial charge in [-0.05, 0) is 43.4 Å². The average Bonchev–Trinajstić information content (AvgIpc) is 3.23. The van der Waals surface area contributed by atoms with Gasteiger partial charge in [-0.15, -0.1) is 24.0 Å². The fourth-order valence-corrected chi connectivity index (χ4v) is 3.95. The van der Waals surface area contributed by atoms with Crippen molar-refractivity contribution in [2.45, 2.75) is 64.6 Å². The van der Waals surface area contributed by atoms with Gasteiger partial charge in [0.25, 0.3) is 0 Å². The average molecular weight is 543 g/mol. The molecule has 1 saturated heterocycles. The van der Waals surface area contributed by atoms with E-state index in [0.717, 1.165) is 68.3 Å². The van der Waals surface area contributed by atoms with Crippen LogP contribution in [0.1, 0.15) is 62.5 Å². The summed E-state index contributed by atoms with van der Waals surface area (Å²) in [6.45, 7) is 7.80. The van der Waals surface area contributed by atoms with Crippen LogP contribution in [0.4, 0.5) is 4.39 Å². The summed E-state index contributed by atoms with van der Waals surface area (Å²) in [6.07, 6.45) is 4.23. The highest BCUT2D eigenvalue weighted by atomic mass is 127. The van der Waals surface area contributed by atoms with E-state index in [0.29, 0.717) is 18.5 Å². The predicted octanol–water partition coefficient (Wildman–Crippen LogP) is 4.66. The van der Waals surface area contributed by atoms with Crippen LogP contribution in [0.25, 0.3) is 0 Å². The number of aliphatic imine (C=N–C) groups is 1. The van der Waals surface area contributed by atoms with Gasteiger partial charge in [0.2, 0.25) is 0 Å². The highest BCUT2D eigenvalue weighted by molar-refractivity contribution is 14.0. The number of benzene rings is 1. The Morgan fingerprint density at radius 1 is 1.23 bits per heavy atom. The maximum absolute atomic E-state index is 13.1. The predicted molar refractivity (Wildman–Crippen MR) is 133 cm³/mol. The van der Waals surface area contributed by atoms with Crippen molar-refractivity contribution in [3.8, 4) is 0 Å². The fourth-order valence-electron chi connectivity index (χ4n) is 3.95. The number of hydrogen-bond acceptors (Lipinski definition) is 4. The van der Waals surface area contributed by atoms with Gasteiger partial charge in [0, 0.05) is 44.7 Å². The number of nitrogens with zero attached hydrogens (tertiary/aromatic N) is 3. The highest BCUT2D eigenvalue weighted by Crippen LogP contribution is 2.22. The van der Waals surface area contributed by atoms with Gasteiger partial charge < -0.3 is 15.2 Å². The minimum atomic E-state index is -0.183. The van der Waals surface area contributed by atoms with Crippen LogP contribution in [0.3, 0.4) is 0 Å². The van der Waals surface area contributed by atoms with Crippen LogP contribution in [0.2, 0.25) is 0 Å². The number of aromatic nitrogens is 1. The molecule has 1 fully saturated rings. The Morgan fingerprint density at radius 2 is 1.90 bits per heavy atom. The van der Waals surface area contributed by atoms with Gasteiger partial charge >= 0.3 is 0 Å². The monoisotopic (exact) mass is 543 g/mol. The molecule has 1 aromatic heterocycles. The van der Waals surface area contributed by atoms with Crippen molar-refractivity contribution in [3.05, 3.63) is 53.2 Å². The highest BCUT2D eigenvalue weighted by Gasteiger charge is 2.20. The van der Waals surface area contributed by atoms with Gasteiger partial charge in [-0.25, -0.2) is 4.39 Å². The van der Waals surface area contributed by atoms with Gasteiger partial charge in [-0.3, -0.25) is 9.89 Å². The third kappa shape index (κ3) is 7.75. The Morgan fingerprint density at radius 3 is 2.52 bits per heavy atom. The summed E-state index contributed by atoms with van der Waals surface area (Å²) in [4.78, 5) is 6.76. The summed E-state index contributed by atoms with van der Waals surface area (Å²) in [5.74, 6) is 1.89. The summed E-state index contributed by atoms with van der Waals surface area (Å²) < 4.78 is 18.6. The van der Waals surface area contributed by atoms with Crippen LogP contribution < -0.4 is 10.6 Å². The summed E-state index contributed by atoms with van der Waals surface area (Å²) in [7, 11) is 1.79. The summed E-state index contributed by atoms with van der Waals surface area (Å²) in [6, 6.07) is 9.22. The fraction of sp³-hybridized carbons (Fsp3) is 0.565. The molecule has 172 valence electrons. The molecule has 1 aliphatic heterocycles. The van der Waals surface area contributed by atoms with E-state index < -0.39 is 0 Å². The Labute approximate surface area is 202 Å². The van der Waals surface area contributed by atoms with E-state index in [-0.39, 0.29) is 29.8 Å². The zero-order chi connectivity index (χ0) is 21.3. The summed E-state index contributed by atoms with van der Waals surface area (Å²) >= 11 is 0. The molecule has 0 spiro atoms. The molecule has 1 aliphatic rings. The minimum Gasteiger partial charge on any atom is -0.359 e. The molecule has 6 nitrogen and oxygen atoms in total. The molecule has 3 rings (SSSR count). The molecule has 0 saturated carbocycles. The number of hydrogen-bond donors (Lipinski definition) is 2. The summed E-state index contributed by atoms with van der Waals surface area (Å²) in [5, 5.41) is 11.1. The molecule has 1 aromatic carbocycles. The first-order chi connectivity index (χ1) is 14.6. The Kier molecular flexibility index (Phi) is 10.7. The lowest BCUT2D eigenvalue weighted by Gasteiger charge is -2.33. The number of rotatable bonds is 8. The molecule has 0 atom stereocenters. The van der Waals surface area contributed by atoms with E-state index in [9.17, 15) is 4.39 Å². The van der Waals surface area contributed by atoms with Crippen molar-refractivity contribution < 1.29 is 8.91 Å². The lowest BCUT2D eigenvalue weighted by molar-refractivity contribution is 0.198. The first kappa shape index (κ1) is 25.6. The number of likely N-dealkylation sites (tertiary alicyclic amines) is 1. The van der Waals surface area contributed by atoms with E-state index in [1.807, 2.05) is 18.2 Å². The molecule has 2 N–H and O–H groups in total. The van der Waals surface area contributed by atoms with Gasteiger partial charge in [0.1, 0.15) is 5.82 Å². The van der Waals surface area contributed by atoms with Crippen molar-refractivity contribution in [1.29, 1.82) is 0 Å². The van der Waals surface area contributed by atoms with Crippen molar-refractivity contribution in [2.75, 3.05) is 20.1 Å². The molecule has 2 heterocycles.